The van der Waals surface area contributed by atoms with Gasteiger partial charge in [0.2, 0.25) is 0 Å². The van der Waals surface area contributed by atoms with Crippen LogP contribution in [-0.4, -0.2) is 24.6 Å². The van der Waals surface area contributed by atoms with Crippen molar-refractivity contribution in [3.05, 3.63) is 66.2 Å². The fourth-order valence-corrected chi connectivity index (χ4v) is 3.12. The van der Waals surface area contributed by atoms with Crippen molar-refractivity contribution in [2.75, 3.05) is 0 Å². The highest BCUT2D eigenvalue weighted by atomic mass is 35.5. The average molecular weight is 340 g/mol. The molecule has 0 spiro atoms. The highest BCUT2D eigenvalue weighted by Gasteiger charge is 2.11. The van der Waals surface area contributed by atoms with Crippen molar-refractivity contribution in [1.82, 2.24) is 24.6 Å². The Morgan fingerprint density at radius 2 is 1.87 bits per heavy atom. The van der Waals surface area contributed by atoms with Crippen molar-refractivity contribution in [2.24, 2.45) is 0 Å². The van der Waals surface area contributed by atoms with Gasteiger partial charge in [-0.05, 0) is 36.0 Å². The van der Waals surface area contributed by atoms with E-state index in [4.69, 9.17) is 16.6 Å². The SMILES string of the molecule is Clc1ccc(-c2cc3ncnn3c(Sc3ccccc3)n2)cn1. The molecule has 23 heavy (non-hydrogen) atoms. The summed E-state index contributed by atoms with van der Waals surface area (Å²) in [5.41, 5.74) is 2.41. The quantitative estimate of drug-likeness (QED) is 0.417. The second kappa shape index (κ2) is 5.98. The summed E-state index contributed by atoms with van der Waals surface area (Å²) in [5, 5.41) is 5.45. The topological polar surface area (TPSA) is 56.0 Å². The van der Waals surface area contributed by atoms with E-state index in [-0.39, 0.29) is 0 Å². The lowest BCUT2D eigenvalue weighted by molar-refractivity contribution is 0.797. The first-order valence-corrected chi connectivity index (χ1v) is 8.05. The summed E-state index contributed by atoms with van der Waals surface area (Å²) in [4.78, 5) is 14.2. The minimum absolute atomic E-state index is 0.455. The lowest BCUT2D eigenvalue weighted by Gasteiger charge is -2.07. The van der Waals surface area contributed by atoms with Gasteiger partial charge >= 0.3 is 0 Å². The molecule has 0 fully saturated rings. The summed E-state index contributed by atoms with van der Waals surface area (Å²) >= 11 is 7.39. The highest BCUT2D eigenvalue weighted by molar-refractivity contribution is 7.99. The molecule has 0 atom stereocenters. The predicted octanol–water partition coefficient (Wildman–Crippen LogP) is 3.99. The fraction of sp³-hybridized carbons (Fsp3) is 0. The second-order valence-electron chi connectivity index (χ2n) is 4.74. The van der Waals surface area contributed by atoms with Crippen LogP contribution in [-0.2, 0) is 0 Å². The largest absolute Gasteiger partial charge is 0.244 e. The molecule has 4 aromatic rings. The molecule has 0 aliphatic rings. The first-order chi connectivity index (χ1) is 11.3. The van der Waals surface area contributed by atoms with Crippen LogP contribution in [0, 0.1) is 0 Å². The van der Waals surface area contributed by atoms with Crippen LogP contribution < -0.4 is 0 Å². The van der Waals surface area contributed by atoms with Gasteiger partial charge in [0.05, 0.1) is 5.69 Å². The van der Waals surface area contributed by atoms with Crippen LogP contribution in [0.15, 0.2) is 71.1 Å². The van der Waals surface area contributed by atoms with E-state index < -0.39 is 0 Å². The third-order valence-corrected chi connectivity index (χ3v) is 4.39. The number of fused-ring (bicyclic) bond motifs is 1. The Morgan fingerprint density at radius 1 is 1.00 bits per heavy atom. The molecule has 3 heterocycles. The normalized spacial score (nSPS) is 11.0. The Hall–Kier alpha value is -2.44. The molecule has 3 aromatic heterocycles. The van der Waals surface area contributed by atoms with Crippen LogP contribution in [0.3, 0.4) is 0 Å². The zero-order chi connectivity index (χ0) is 15.6. The van der Waals surface area contributed by atoms with E-state index in [1.165, 1.54) is 18.1 Å². The smallest absolute Gasteiger partial charge is 0.196 e. The Labute approximate surface area is 141 Å². The first kappa shape index (κ1) is 14.2. The molecule has 0 unspecified atom stereocenters. The van der Waals surface area contributed by atoms with Gasteiger partial charge in [0.15, 0.2) is 10.8 Å². The number of hydrogen-bond acceptors (Lipinski definition) is 5. The molecule has 0 saturated carbocycles. The summed E-state index contributed by atoms with van der Waals surface area (Å²) < 4.78 is 1.73. The third kappa shape index (κ3) is 2.91. The number of halogens is 1. The van der Waals surface area contributed by atoms with Crippen LogP contribution >= 0.6 is 23.4 Å². The van der Waals surface area contributed by atoms with E-state index in [0.717, 1.165) is 27.0 Å². The lowest BCUT2D eigenvalue weighted by Crippen LogP contribution is -1.98. The van der Waals surface area contributed by atoms with Crippen LogP contribution in [0.2, 0.25) is 5.15 Å². The highest BCUT2D eigenvalue weighted by Crippen LogP contribution is 2.28. The van der Waals surface area contributed by atoms with E-state index in [9.17, 15) is 0 Å². The predicted molar refractivity (Wildman–Crippen MR) is 89.6 cm³/mol. The standard InChI is InChI=1S/C16H10ClN5S/c17-14-7-6-11(9-18-14)13-8-15-19-10-20-22(15)16(21-13)23-12-4-2-1-3-5-12/h1-10H. The molecule has 4 rings (SSSR count). The monoisotopic (exact) mass is 339 g/mol. The van der Waals surface area contributed by atoms with Crippen molar-refractivity contribution in [2.45, 2.75) is 10.1 Å². The summed E-state index contributed by atoms with van der Waals surface area (Å²) in [6, 6.07) is 15.6. The number of nitrogens with zero attached hydrogens (tertiary/aromatic N) is 5. The molecule has 0 bridgehead atoms. The van der Waals surface area contributed by atoms with Gasteiger partial charge in [-0.15, -0.1) is 0 Å². The average Bonchev–Trinajstić information content (AvgIpc) is 3.05. The molecule has 0 aliphatic carbocycles. The van der Waals surface area contributed by atoms with Gasteiger partial charge in [-0.1, -0.05) is 29.8 Å². The maximum Gasteiger partial charge on any atom is 0.196 e. The van der Waals surface area contributed by atoms with Crippen LogP contribution in [0.1, 0.15) is 0 Å². The maximum absolute atomic E-state index is 5.85. The Balaban J connectivity index is 1.82. The van der Waals surface area contributed by atoms with Gasteiger partial charge < -0.3 is 0 Å². The van der Waals surface area contributed by atoms with E-state index in [0.29, 0.717) is 5.15 Å². The Kier molecular flexibility index (Phi) is 3.69. The molecular formula is C16H10ClN5S. The Morgan fingerprint density at radius 3 is 2.65 bits per heavy atom. The van der Waals surface area contributed by atoms with E-state index in [1.807, 2.05) is 42.5 Å². The Bertz CT molecular complexity index is 953. The van der Waals surface area contributed by atoms with Crippen molar-refractivity contribution in [3.63, 3.8) is 0 Å². The van der Waals surface area contributed by atoms with Gasteiger partial charge in [-0.2, -0.15) is 9.61 Å². The van der Waals surface area contributed by atoms with Crippen molar-refractivity contribution in [3.8, 4) is 11.3 Å². The minimum Gasteiger partial charge on any atom is -0.244 e. The maximum atomic E-state index is 5.85. The fourth-order valence-electron chi connectivity index (χ4n) is 2.14. The van der Waals surface area contributed by atoms with Crippen molar-refractivity contribution < 1.29 is 0 Å². The molecule has 0 radical (unpaired) electrons. The van der Waals surface area contributed by atoms with Crippen LogP contribution in [0.5, 0.6) is 0 Å². The van der Waals surface area contributed by atoms with Gasteiger partial charge in [0.25, 0.3) is 0 Å². The molecule has 7 heteroatoms. The van der Waals surface area contributed by atoms with Crippen molar-refractivity contribution in [1.29, 1.82) is 0 Å². The number of hydrogen-bond donors (Lipinski definition) is 0. The van der Waals surface area contributed by atoms with Crippen LogP contribution in [0.4, 0.5) is 0 Å². The first-order valence-electron chi connectivity index (χ1n) is 6.85. The summed E-state index contributed by atoms with van der Waals surface area (Å²) in [6.45, 7) is 0. The summed E-state index contributed by atoms with van der Waals surface area (Å²) in [7, 11) is 0. The number of benzene rings is 1. The molecule has 112 valence electrons. The van der Waals surface area contributed by atoms with Gasteiger partial charge in [-0.25, -0.2) is 15.0 Å². The second-order valence-corrected chi connectivity index (χ2v) is 6.17. The number of aromatic nitrogens is 5. The zero-order valence-corrected chi connectivity index (χ0v) is 13.4. The molecule has 0 saturated heterocycles. The van der Waals surface area contributed by atoms with Gasteiger partial charge in [-0.3, -0.25) is 0 Å². The molecular weight excluding hydrogens is 330 g/mol. The van der Waals surface area contributed by atoms with E-state index in [1.54, 1.807) is 16.8 Å². The molecule has 0 amide bonds. The van der Waals surface area contributed by atoms with Gasteiger partial charge in [0.1, 0.15) is 11.5 Å². The third-order valence-electron chi connectivity index (χ3n) is 3.21. The molecule has 5 nitrogen and oxygen atoms in total. The van der Waals surface area contributed by atoms with E-state index in [2.05, 4.69) is 15.1 Å². The van der Waals surface area contributed by atoms with Crippen LogP contribution in [0.25, 0.3) is 16.9 Å². The lowest BCUT2D eigenvalue weighted by atomic mass is 10.2. The summed E-state index contributed by atoms with van der Waals surface area (Å²) in [5.74, 6) is 0. The number of pyridine rings is 1. The number of rotatable bonds is 3. The molecule has 0 N–H and O–H groups in total. The summed E-state index contributed by atoms with van der Waals surface area (Å²) in [6.07, 6.45) is 3.23. The zero-order valence-electron chi connectivity index (χ0n) is 11.8. The molecule has 0 aliphatic heterocycles. The molecule has 1 aromatic carbocycles. The van der Waals surface area contributed by atoms with Crippen molar-refractivity contribution >= 4 is 29.0 Å². The van der Waals surface area contributed by atoms with E-state index >= 15 is 0 Å². The van der Waals surface area contributed by atoms with Gasteiger partial charge in [0, 0.05) is 22.7 Å². The minimum atomic E-state index is 0.455.